The smallest absolute Gasteiger partial charge is 0.261 e. The van der Waals surface area contributed by atoms with Crippen LogP contribution in [0.3, 0.4) is 0 Å². The first-order chi connectivity index (χ1) is 10.0. The average molecular weight is 304 g/mol. The van der Waals surface area contributed by atoms with Gasteiger partial charge in [-0.1, -0.05) is 0 Å². The Morgan fingerprint density at radius 2 is 1.57 bits per heavy atom. The zero-order valence-corrected chi connectivity index (χ0v) is 12.7. The number of primary amides is 1. The summed E-state index contributed by atoms with van der Waals surface area (Å²) in [6.07, 6.45) is 7.50. The highest BCUT2D eigenvalue weighted by Gasteiger charge is 2.51. The van der Waals surface area contributed by atoms with Gasteiger partial charge in [0.15, 0.2) is 0 Å². The third kappa shape index (κ3) is 2.27. The molecule has 2 amide bonds. The lowest BCUT2D eigenvalue weighted by atomic mass is 9.53. The maximum Gasteiger partial charge on any atom is 0.261 e. The molecule has 4 aliphatic carbocycles. The minimum absolute atomic E-state index is 0.0166. The van der Waals surface area contributed by atoms with Crippen LogP contribution in [0.15, 0.2) is 12.1 Å². The number of nitrogens with two attached hydrogens (primary N) is 1. The van der Waals surface area contributed by atoms with Crippen molar-refractivity contribution in [2.24, 2.45) is 23.5 Å². The van der Waals surface area contributed by atoms with Gasteiger partial charge in [-0.3, -0.25) is 9.59 Å². The molecule has 3 N–H and O–H groups in total. The quantitative estimate of drug-likeness (QED) is 0.900. The van der Waals surface area contributed by atoms with Crippen molar-refractivity contribution in [1.82, 2.24) is 5.32 Å². The lowest BCUT2D eigenvalue weighted by molar-refractivity contribution is -0.0166. The van der Waals surface area contributed by atoms with E-state index in [0.717, 1.165) is 37.0 Å². The first-order valence-corrected chi connectivity index (χ1v) is 8.57. The van der Waals surface area contributed by atoms with Gasteiger partial charge in [-0.25, -0.2) is 0 Å². The average Bonchev–Trinajstić information content (AvgIpc) is 2.85. The van der Waals surface area contributed by atoms with Crippen LogP contribution in [0.5, 0.6) is 0 Å². The van der Waals surface area contributed by atoms with Crippen LogP contribution in [0.2, 0.25) is 0 Å². The third-order valence-electron chi connectivity index (χ3n) is 5.49. The molecule has 21 heavy (non-hydrogen) atoms. The van der Waals surface area contributed by atoms with Gasteiger partial charge in [-0.05, 0) is 68.4 Å². The van der Waals surface area contributed by atoms with E-state index < -0.39 is 5.91 Å². The van der Waals surface area contributed by atoms with Crippen LogP contribution in [0, 0.1) is 17.8 Å². The highest BCUT2D eigenvalue weighted by atomic mass is 32.1. The molecule has 4 aliphatic rings. The molecule has 1 aromatic heterocycles. The van der Waals surface area contributed by atoms with Crippen LogP contribution in [0.25, 0.3) is 0 Å². The Kier molecular flexibility index (Phi) is 2.89. The first-order valence-electron chi connectivity index (χ1n) is 7.75. The minimum Gasteiger partial charge on any atom is -0.365 e. The summed E-state index contributed by atoms with van der Waals surface area (Å²) >= 11 is 1.19. The van der Waals surface area contributed by atoms with Gasteiger partial charge in [0.2, 0.25) is 0 Å². The number of carbonyl (C=O) groups is 2. The van der Waals surface area contributed by atoms with Crippen LogP contribution in [0.1, 0.15) is 57.9 Å². The highest BCUT2D eigenvalue weighted by molar-refractivity contribution is 7.15. The summed E-state index contributed by atoms with van der Waals surface area (Å²) in [5.74, 6) is 1.92. The zero-order chi connectivity index (χ0) is 14.6. The van der Waals surface area contributed by atoms with Crippen LogP contribution < -0.4 is 11.1 Å². The topological polar surface area (TPSA) is 72.2 Å². The van der Waals surface area contributed by atoms with Gasteiger partial charge in [0, 0.05) is 5.54 Å². The lowest BCUT2D eigenvalue weighted by Crippen LogP contribution is -2.59. The van der Waals surface area contributed by atoms with Crippen molar-refractivity contribution in [2.45, 2.75) is 44.1 Å². The van der Waals surface area contributed by atoms with E-state index >= 15 is 0 Å². The van der Waals surface area contributed by atoms with Crippen molar-refractivity contribution >= 4 is 23.2 Å². The maximum absolute atomic E-state index is 12.5. The van der Waals surface area contributed by atoms with Crippen molar-refractivity contribution in [3.8, 4) is 0 Å². The second-order valence-electron chi connectivity index (χ2n) is 7.18. The van der Waals surface area contributed by atoms with Crippen LogP contribution in [-0.4, -0.2) is 17.4 Å². The lowest BCUT2D eigenvalue weighted by Gasteiger charge is -2.56. The Labute approximate surface area is 128 Å². The number of hydrogen-bond donors (Lipinski definition) is 2. The summed E-state index contributed by atoms with van der Waals surface area (Å²) < 4.78 is 0. The molecule has 0 saturated heterocycles. The molecular weight excluding hydrogens is 284 g/mol. The van der Waals surface area contributed by atoms with Gasteiger partial charge >= 0.3 is 0 Å². The van der Waals surface area contributed by atoms with E-state index in [0.29, 0.717) is 9.75 Å². The van der Waals surface area contributed by atoms with Gasteiger partial charge < -0.3 is 11.1 Å². The Hall–Kier alpha value is -1.36. The van der Waals surface area contributed by atoms with E-state index in [1.54, 1.807) is 12.1 Å². The van der Waals surface area contributed by atoms with Gasteiger partial charge in [0.25, 0.3) is 11.8 Å². The predicted molar refractivity (Wildman–Crippen MR) is 81.2 cm³/mol. The molecule has 5 heteroatoms. The summed E-state index contributed by atoms with van der Waals surface area (Å²) in [5, 5.41) is 3.31. The summed E-state index contributed by atoms with van der Waals surface area (Å²) in [7, 11) is 0. The van der Waals surface area contributed by atoms with E-state index in [1.165, 1.54) is 30.6 Å². The fourth-order valence-electron chi connectivity index (χ4n) is 5.16. The Morgan fingerprint density at radius 1 is 1.05 bits per heavy atom. The molecule has 0 unspecified atom stereocenters. The predicted octanol–water partition coefficient (Wildman–Crippen LogP) is 2.55. The summed E-state index contributed by atoms with van der Waals surface area (Å²) in [6.45, 7) is 0. The maximum atomic E-state index is 12.5. The summed E-state index contributed by atoms with van der Waals surface area (Å²) in [6, 6.07) is 3.35. The minimum atomic E-state index is -0.464. The van der Waals surface area contributed by atoms with Crippen molar-refractivity contribution in [3.05, 3.63) is 21.9 Å². The molecule has 1 aromatic rings. The van der Waals surface area contributed by atoms with Crippen LogP contribution >= 0.6 is 11.3 Å². The zero-order valence-electron chi connectivity index (χ0n) is 11.9. The number of nitrogens with one attached hydrogen (secondary N) is 1. The standard InChI is InChI=1S/C16H20N2O2S/c17-14(19)12-1-2-13(21-12)15(20)18-16-6-9-3-10(7-16)5-11(4-9)8-16/h1-2,9-11H,3-8H2,(H2,17,19)(H,18,20). The van der Waals surface area contributed by atoms with Gasteiger partial charge in [0.1, 0.15) is 0 Å². The van der Waals surface area contributed by atoms with Crippen molar-refractivity contribution < 1.29 is 9.59 Å². The number of carbonyl (C=O) groups excluding carboxylic acids is 2. The molecule has 0 atom stereocenters. The molecule has 1 heterocycles. The fourth-order valence-corrected chi connectivity index (χ4v) is 5.91. The van der Waals surface area contributed by atoms with E-state index in [4.69, 9.17) is 5.73 Å². The van der Waals surface area contributed by atoms with Crippen molar-refractivity contribution in [3.63, 3.8) is 0 Å². The number of rotatable bonds is 3. The molecule has 0 spiro atoms. The SMILES string of the molecule is NC(=O)c1ccc(C(=O)NC23CC4CC(CC(C4)C2)C3)s1. The third-order valence-corrected chi connectivity index (χ3v) is 6.59. The summed E-state index contributed by atoms with van der Waals surface area (Å²) in [5.41, 5.74) is 5.27. The van der Waals surface area contributed by atoms with Crippen molar-refractivity contribution in [2.75, 3.05) is 0 Å². The monoisotopic (exact) mass is 304 g/mol. The van der Waals surface area contributed by atoms with E-state index in [9.17, 15) is 9.59 Å². The molecule has 0 aromatic carbocycles. The van der Waals surface area contributed by atoms with Gasteiger partial charge in [-0.2, -0.15) is 0 Å². The van der Waals surface area contributed by atoms with E-state index in [1.807, 2.05) is 0 Å². The summed E-state index contributed by atoms with van der Waals surface area (Å²) in [4.78, 5) is 24.7. The molecule has 4 nitrogen and oxygen atoms in total. The Bertz CT molecular complexity index is 572. The molecule has 4 fully saturated rings. The molecular formula is C16H20N2O2S. The Morgan fingerprint density at radius 3 is 2.05 bits per heavy atom. The van der Waals surface area contributed by atoms with E-state index in [-0.39, 0.29) is 11.4 Å². The molecule has 4 bridgehead atoms. The largest absolute Gasteiger partial charge is 0.365 e. The van der Waals surface area contributed by atoms with Gasteiger partial charge in [0.05, 0.1) is 9.75 Å². The molecule has 4 saturated carbocycles. The van der Waals surface area contributed by atoms with Crippen LogP contribution in [-0.2, 0) is 0 Å². The van der Waals surface area contributed by atoms with Crippen molar-refractivity contribution in [1.29, 1.82) is 0 Å². The molecule has 0 radical (unpaired) electrons. The van der Waals surface area contributed by atoms with Crippen LogP contribution in [0.4, 0.5) is 0 Å². The van der Waals surface area contributed by atoms with E-state index in [2.05, 4.69) is 5.32 Å². The Balaban J connectivity index is 1.52. The van der Waals surface area contributed by atoms with Gasteiger partial charge in [-0.15, -0.1) is 11.3 Å². The second-order valence-corrected chi connectivity index (χ2v) is 8.26. The number of thiophene rings is 1. The normalized spacial score (nSPS) is 36.7. The molecule has 5 rings (SSSR count). The first kappa shape index (κ1) is 13.3. The number of hydrogen-bond acceptors (Lipinski definition) is 3. The second kappa shape index (κ2) is 4.57. The molecule has 112 valence electrons. The number of amides is 2. The molecule has 0 aliphatic heterocycles. The fraction of sp³-hybridized carbons (Fsp3) is 0.625. The highest BCUT2D eigenvalue weighted by Crippen LogP contribution is 2.55.